The van der Waals surface area contributed by atoms with Gasteiger partial charge in [0, 0.05) is 31.9 Å². The lowest BCUT2D eigenvalue weighted by molar-refractivity contribution is 0.168. The van der Waals surface area contributed by atoms with Gasteiger partial charge in [-0.05, 0) is 39.8 Å². The highest BCUT2D eigenvalue weighted by Crippen LogP contribution is 2.29. The van der Waals surface area contributed by atoms with Crippen molar-refractivity contribution in [3.8, 4) is 0 Å². The van der Waals surface area contributed by atoms with Gasteiger partial charge in [0.2, 0.25) is 10.0 Å². The largest absolute Gasteiger partial charge is 0.309 e. The summed E-state index contributed by atoms with van der Waals surface area (Å²) in [4.78, 5) is 2.44. The second-order valence-corrected chi connectivity index (χ2v) is 8.34. The van der Waals surface area contributed by atoms with Gasteiger partial charge in [0.25, 0.3) is 0 Å². The SMILES string of the molecule is CCn1cc(S(=O)(=O)N2CCCCC2C(C)CN(C)C)cn1. The molecule has 0 radical (unpaired) electrons. The molecule has 1 saturated heterocycles. The summed E-state index contributed by atoms with van der Waals surface area (Å²) in [5.74, 6) is 0.311. The van der Waals surface area contributed by atoms with Crippen molar-refractivity contribution in [2.75, 3.05) is 27.2 Å². The summed E-state index contributed by atoms with van der Waals surface area (Å²) in [6, 6.07) is 0.0751. The van der Waals surface area contributed by atoms with Crippen molar-refractivity contribution < 1.29 is 8.42 Å². The molecule has 7 heteroatoms. The van der Waals surface area contributed by atoms with Gasteiger partial charge in [-0.3, -0.25) is 4.68 Å². The predicted molar refractivity (Wildman–Crippen MR) is 87.1 cm³/mol. The van der Waals surface area contributed by atoms with Crippen LogP contribution >= 0.6 is 0 Å². The van der Waals surface area contributed by atoms with Gasteiger partial charge in [-0.1, -0.05) is 13.3 Å². The first kappa shape index (κ1) is 17.4. The topological polar surface area (TPSA) is 58.4 Å². The summed E-state index contributed by atoms with van der Waals surface area (Å²) in [5.41, 5.74) is 0. The molecule has 0 saturated carbocycles. The van der Waals surface area contributed by atoms with Crippen LogP contribution in [0.2, 0.25) is 0 Å². The highest BCUT2D eigenvalue weighted by Gasteiger charge is 2.37. The van der Waals surface area contributed by atoms with Crippen molar-refractivity contribution in [2.45, 2.75) is 50.6 Å². The van der Waals surface area contributed by atoms with E-state index in [9.17, 15) is 8.42 Å². The van der Waals surface area contributed by atoms with Gasteiger partial charge in [0.05, 0.1) is 6.20 Å². The fourth-order valence-corrected chi connectivity index (χ4v) is 5.03. The van der Waals surface area contributed by atoms with Crippen LogP contribution in [0.15, 0.2) is 17.3 Å². The van der Waals surface area contributed by atoms with Gasteiger partial charge < -0.3 is 4.90 Å². The molecular weight excluding hydrogens is 300 g/mol. The summed E-state index contributed by atoms with van der Waals surface area (Å²) < 4.78 is 29.3. The molecule has 1 fully saturated rings. The number of sulfonamides is 1. The Labute approximate surface area is 134 Å². The van der Waals surface area contributed by atoms with Crippen molar-refractivity contribution in [1.29, 1.82) is 0 Å². The van der Waals surface area contributed by atoms with E-state index in [0.717, 1.165) is 25.8 Å². The molecule has 2 rings (SSSR count). The van der Waals surface area contributed by atoms with E-state index in [0.29, 0.717) is 23.9 Å². The molecule has 6 nitrogen and oxygen atoms in total. The van der Waals surface area contributed by atoms with Crippen molar-refractivity contribution in [2.24, 2.45) is 5.92 Å². The normalized spacial score (nSPS) is 22.1. The average molecular weight is 328 g/mol. The fourth-order valence-electron chi connectivity index (χ4n) is 3.28. The monoisotopic (exact) mass is 328 g/mol. The van der Waals surface area contributed by atoms with E-state index in [1.54, 1.807) is 15.2 Å². The van der Waals surface area contributed by atoms with Crippen LogP contribution in [-0.2, 0) is 16.6 Å². The molecule has 0 amide bonds. The lowest BCUT2D eigenvalue weighted by atomic mass is 9.93. The van der Waals surface area contributed by atoms with E-state index in [-0.39, 0.29) is 6.04 Å². The number of rotatable bonds is 6. The van der Waals surface area contributed by atoms with E-state index in [1.807, 2.05) is 21.0 Å². The molecule has 1 aliphatic rings. The number of hydrogen-bond donors (Lipinski definition) is 0. The first-order valence-electron chi connectivity index (χ1n) is 8.05. The maximum absolute atomic E-state index is 13.0. The quantitative estimate of drug-likeness (QED) is 0.797. The lowest BCUT2D eigenvalue weighted by Crippen LogP contribution is -2.48. The third kappa shape index (κ3) is 3.70. The third-order valence-corrected chi connectivity index (χ3v) is 6.23. The molecule has 0 aromatic carbocycles. The Morgan fingerprint density at radius 3 is 2.73 bits per heavy atom. The maximum Gasteiger partial charge on any atom is 0.246 e. The van der Waals surface area contributed by atoms with Crippen LogP contribution in [0.5, 0.6) is 0 Å². The summed E-state index contributed by atoms with van der Waals surface area (Å²) >= 11 is 0. The molecule has 1 aromatic heterocycles. The van der Waals surface area contributed by atoms with Crippen LogP contribution in [-0.4, -0.2) is 60.6 Å². The first-order chi connectivity index (χ1) is 10.4. The highest BCUT2D eigenvalue weighted by molar-refractivity contribution is 7.89. The first-order valence-corrected chi connectivity index (χ1v) is 9.49. The molecule has 2 atom stereocenters. The van der Waals surface area contributed by atoms with Crippen molar-refractivity contribution in [3.63, 3.8) is 0 Å². The van der Waals surface area contributed by atoms with E-state index in [2.05, 4.69) is 16.9 Å². The van der Waals surface area contributed by atoms with Gasteiger partial charge in [0.1, 0.15) is 4.90 Å². The average Bonchev–Trinajstić information content (AvgIpc) is 2.96. The zero-order valence-electron chi connectivity index (χ0n) is 14.1. The Bertz CT molecular complexity index is 582. The minimum atomic E-state index is -3.45. The smallest absolute Gasteiger partial charge is 0.246 e. The van der Waals surface area contributed by atoms with Gasteiger partial charge in [0.15, 0.2) is 0 Å². The van der Waals surface area contributed by atoms with Crippen molar-refractivity contribution in [1.82, 2.24) is 19.0 Å². The van der Waals surface area contributed by atoms with Crippen LogP contribution < -0.4 is 0 Å². The molecule has 2 unspecified atom stereocenters. The van der Waals surface area contributed by atoms with Crippen LogP contribution in [0.1, 0.15) is 33.1 Å². The molecule has 22 heavy (non-hydrogen) atoms. The van der Waals surface area contributed by atoms with Gasteiger partial charge in [-0.2, -0.15) is 9.40 Å². The van der Waals surface area contributed by atoms with Crippen molar-refractivity contribution in [3.05, 3.63) is 12.4 Å². The molecule has 1 aliphatic heterocycles. The number of hydrogen-bond acceptors (Lipinski definition) is 4. The van der Waals surface area contributed by atoms with E-state index in [1.165, 1.54) is 6.20 Å². The molecule has 0 bridgehead atoms. The van der Waals surface area contributed by atoms with E-state index >= 15 is 0 Å². The van der Waals surface area contributed by atoms with Crippen LogP contribution in [0.4, 0.5) is 0 Å². The second kappa shape index (κ2) is 7.10. The summed E-state index contributed by atoms with van der Waals surface area (Å²) in [7, 11) is 0.613. The molecular formula is C15H28N4O2S. The molecule has 2 heterocycles. The molecule has 0 spiro atoms. The highest BCUT2D eigenvalue weighted by atomic mass is 32.2. The van der Waals surface area contributed by atoms with Crippen molar-refractivity contribution >= 4 is 10.0 Å². The van der Waals surface area contributed by atoms with Gasteiger partial charge in [-0.15, -0.1) is 0 Å². The number of nitrogens with zero attached hydrogens (tertiary/aromatic N) is 4. The van der Waals surface area contributed by atoms with Gasteiger partial charge >= 0.3 is 0 Å². The summed E-state index contributed by atoms with van der Waals surface area (Å²) in [6.45, 7) is 6.28. The molecule has 126 valence electrons. The third-order valence-electron chi connectivity index (χ3n) is 4.35. The summed E-state index contributed by atoms with van der Waals surface area (Å²) in [6.07, 6.45) is 6.09. The number of piperidine rings is 1. The maximum atomic E-state index is 13.0. The molecule has 1 aromatic rings. The Morgan fingerprint density at radius 2 is 2.14 bits per heavy atom. The van der Waals surface area contributed by atoms with Crippen LogP contribution in [0, 0.1) is 5.92 Å². The Hall–Kier alpha value is -0.920. The summed E-state index contributed by atoms with van der Waals surface area (Å²) in [5, 5.41) is 4.12. The zero-order chi connectivity index (χ0) is 16.3. The van der Waals surface area contributed by atoms with E-state index < -0.39 is 10.0 Å². The lowest BCUT2D eigenvalue weighted by Gasteiger charge is -2.38. The second-order valence-electron chi connectivity index (χ2n) is 6.45. The fraction of sp³-hybridized carbons (Fsp3) is 0.800. The minimum absolute atomic E-state index is 0.0751. The number of aryl methyl sites for hydroxylation is 1. The molecule has 0 aliphatic carbocycles. The molecule has 0 N–H and O–H groups in total. The van der Waals surface area contributed by atoms with E-state index in [4.69, 9.17) is 0 Å². The predicted octanol–water partition coefficient (Wildman–Crippen LogP) is 1.64. The zero-order valence-corrected chi connectivity index (χ0v) is 14.9. The van der Waals surface area contributed by atoms with Crippen LogP contribution in [0.25, 0.3) is 0 Å². The van der Waals surface area contributed by atoms with Crippen LogP contribution in [0.3, 0.4) is 0 Å². The van der Waals surface area contributed by atoms with Gasteiger partial charge in [-0.25, -0.2) is 8.42 Å². The Kier molecular flexibility index (Phi) is 5.63. The Balaban J connectivity index is 2.25. The Morgan fingerprint density at radius 1 is 1.41 bits per heavy atom. The standard InChI is InChI=1S/C15H28N4O2S/c1-5-18-12-14(10-16-18)22(20,21)19-9-7-6-8-15(19)13(2)11-17(3)4/h10,12-13,15H,5-9,11H2,1-4H3. The minimum Gasteiger partial charge on any atom is -0.309 e. The number of aromatic nitrogens is 2.